The van der Waals surface area contributed by atoms with E-state index in [-0.39, 0.29) is 6.10 Å². The van der Waals surface area contributed by atoms with Crippen LogP contribution in [0.3, 0.4) is 0 Å². The minimum absolute atomic E-state index is 0.360. The molecule has 0 spiro atoms. The third kappa shape index (κ3) is 2.02. The molecule has 11 heavy (non-hydrogen) atoms. The Morgan fingerprint density at radius 1 is 1.45 bits per heavy atom. The Hall–Kier alpha value is -0.890. The van der Waals surface area contributed by atoms with E-state index in [1.807, 2.05) is 24.5 Å². The summed E-state index contributed by atoms with van der Waals surface area (Å²) in [6, 6.07) is 3.88. The lowest BCUT2D eigenvalue weighted by Crippen LogP contribution is -2.30. The Bertz CT molecular complexity index is 216. The fourth-order valence-electron chi connectivity index (χ4n) is 0.958. The number of aliphatic hydroxyl groups excluding tert-OH is 1. The summed E-state index contributed by atoms with van der Waals surface area (Å²) in [6.07, 6.45) is 3.59. The Kier molecular flexibility index (Phi) is 2.60. The molecule has 1 rings (SSSR count). The van der Waals surface area contributed by atoms with Gasteiger partial charge in [-0.2, -0.15) is 0 Å². The first-order chi connectivity index (χ1) is 5.24. The third-order valence-corrected chi connectivity index (χ3v) is 1.76. The van der Waals surface area contributed by atoms with Crippen molar-refractivity contribution in [3.8, 4) is 0 Å². The lowest BCUT2D eigenvalue weighted by atomic mass is 10.2. The lowest BCUT2D eigenvalue weighted by molar-refractivity contribution is -0.693. The predicted octanol–water partition coefficient (Wildman–Crippen LogP) is 1.05. The highest BCUT2D eigenvalue weighted by Crippen LogP contribution is 2.07. The van der Waals surface area contributed by atoms with Gasteiger partial charge in [0.15, 0.2) is 12.4 Å². The molecule has 0 saturated carbocycles. The van der Waals surface area contributed by atoms with E-state index in [1.165, 1.54) is 0 Å². The van der Waals surface area contributed by atoms with E-state index in [2.05, 4.69) is 11.5 Å². The first-order valence-corrected chi connectivity index (χ1v) is 3.91. The monoisotopic (exact) mass is 152 g/mol. The molecule has 2 heteroatoms. The maximum Gasteiger partial charge on any atom is 0.169 e. The van der Waals surface area contributed by atoms with E-state index in [0.29, 0.717) is 0 Å². The zero-order valence-corrected chi connectivity index (χ0v) is 6.99. The van der Waals surface area contributed by atoms with Crippen LogP contribution in [0.4, 0.5) is 0 Å². The molecule has 0 aliphatic carbocycles. The van der Waals surface area contributed by atoms with Gasteiger partial charge in [0, 0.05) is 12.1 Å². The summed E-state index contributed by atoms with van der Waals surface area (Å²) in [6.45, 7) is 4.83. The average Bonchev–Trinajstić information content (AvgIpc) is 2.05. The molecule has 1 N–H and O–H groups in total. The second kappa shape index (κ2) is 3.49. The third-order valence-electron chi connectivity index (χ3n) is 1.76. The molecule has 0 amide bonds. The number of hydrogen-bond donors (Lipinski definition) is 1. The van der Waals surface area contributed by atoms with Crippen LogP contribution in [-0.4, -0.2) is 5.11 Å². The number of aliphatic hydroxyl groups is 1. The molecule has 0 aromatic carbocycles. The van der Waals surface area contributed by atoms with Gasteiger partial charge in [0.05, 0.1) is 6.10 Å². The summed E-state index contributed by atoms with van der Waals surface area (Å²) in [5, 5.41) is 9.18. The molecule has 0 aliphatic rings. The van der Waals surface area contributed by atoms with E-state index in [1.54, 1.807) is 6.92 Å². The number of hydrogen-bond acceptors (Lipinski definition) is 1. The van der Waals surface area contributed by atoms with Crippen LogP contribution in [0.25, 0.3) is 0 Å². The molecule has 0 fully saturated rings. The minimum atomic E-state index is -0.360. The highest BCUT2D eigenvalue weighted by atomic mass is 16.3. The number of aromatic nitrogens is 1. The van der Waals surface area contributed by atoms with Crippen molar-refractivity contribution in [1.29, 1.82) is 0 Å². The van der Waals surface area contributed by atoms with Crippen molar-refractivity contribution in [3.05, 3.63) is 30.1 Å². The second-order valence-corrected chi connectivity index (χ2v) is 2.64. The van der Waals surface area contributed by atoms with Gasteiger partial charge in [-0.25, -0.2) is 4.57 Å². The quantitative estimate of drug-likeness (QED) is 0.629. The van der Waals surface area contributed by atoms with Crippen molar-refractivity contribution in [2.24, 2.45) is 0 Å². The molecule has 1 aromatic rings. The van der Waals surface area contributed by atoms with Crippen LogP contribution in [0.1, 0.15) is 25.5 Å². The first-order valence-electron chi connectivity index (χ1n) is 3.91. The number of pyridine rings is 1. The molecule has 1 aromatic heterocycles. The molecule has 1 unspecified atom stereocenters. The summed E-state index contributed by atoms with van der Waals surface area (Å²) in [7, 11) is 0. The predicted molar refractivity (Wildman–Crippen MR) is 42.9 cm³/mol. The average molecular weight is 152 g/mol. The highest BCUT2D eigenvalue weighted by Gasteiger charge is 2.01. The van der Waals surface area contributed by atoms with Crippen LogP contribution in [0.15, 0.2) is 24.5 Å². The molecule has 0 saturated heterocycles. The van der Waals surface area contributed by atoms with Gasteiger partial charge in [-0.15, -0.1) is 0 Å². The highest BCUT2D eigenvalue weighted by molar-refractivity contribution is 5.09. The van der Waals surface area contributed by atoms with Gasteiger partial charge in [-0.1, -0.05) is 0 Å². The van der Waals surface area contributed by atoms with Crippen molar-refractivity contribution in [1.82, 2.24) is 0 Å². The van der Waals surface area contributed by atoms with Gasteiger partial charge >= 0.3 is 0 Å². The van der Waals surface area contributed by atoms with E-state index >= 15 is 0 Å². The van der Waals surface area contributed by atoms with Gasteiger partial charge in [-0.3, -0.25) is 0 Å². The molecule has 2 nitrogen and oxygen atoms in total. The number of aryl methyl sites for hydroxylation is 1. The molecule has 1 heterocycles. The maximum absolute atomic E-state index is 9.18. The molecule has 60 valence electrons. The molecular formula is C9H14NO+. The molecule has 0 radical (unpaired) electrons. The molecular weight excluding hydrogens is 138 g/mol. The second-order valence-electron chi connectivity index (χ2n) is 2.64. The Morgan fingerprint density at radius 2 is 2.00 bits per heavy atom. The smallest absolute Gasteiger partial charge is 0.169 e. The van der Waals surface area contributed by atoms with E-state index in [9.17, 15) is 5.11 Å². The van der Waals surface area contributed by atoms with Gasteiger partial charge in [0.1, 0.15) is 6.54 Å². The van der Waals surface area contributed by atoms with Crippen LogP contribution < -0.4 is 4.57 Å². The zero-order chi connectivity index (χ0) is 8.27. The largest absolute Gasteiger partial charge is 0.389 e. The number of rotatable bonds is 2. The maximum atomic E-state index is 9.18. The first kappa shape index (κ1) is 8.21. The Morgan fingerprint density at radius 3 is 2.36 bits per heavy atom. The minimum Gasteiger partial charge on any atom is -0.389 e. The zero-order valence-electron chi connectivity index (χ0n) is 6.99. The van der Waals surface area contributed by atoms with Crippen LogP contribution in [-0.2, 0) is 6.54 Å². The molecule has 0 bridgehead atoms. The fourth-order valence-corrected chi connectivity index (χ4v) is 0.958. The van der Waals surface area contributed by atoms with Crippen LogP contribution >= 0.6 is 0 Å². The standard InChI is InChI=1S/C9H14NO/c1-3-10-6-4-9(5-7-10)8(2)11/h4-8,11H,3H2,1-2H3/q+1. The Labute approximate surface area is 67.1 Å². The lowest BCUT2D eigenvalue weighted by Gasteiger charge is -2.01. The SMILES string of the molecule is CC[n+]1ccc(C(C)O)cc1. The Balaban J connectivity index is 2.83. The summed E-state index contributed by atoms with van der Waals surface area (Å²) in [5.74, 6) is 0. The normalized spacial score (nSPS) is 13.0. The van der Waals surface area contributed by atoms with Gasteiger partial charge in [-0.05, 0) is 19.4 Å². The van der Waals surface area contributed by atoms with Crippen LogP contribution in [0.2, 0.25) is 0 Å². The van der Waals surface area contributed by atoms with E-state index in [4.69, 9.17) is 0 Å². The summed E-state index contributed by atoms with van der Waals surface area (Å²) in [5.41, 5.74) is 0.967. The van der Waals surface area contributed by atoms with Crippen LogP contribution in [0.5, 0.6) is 0 Å². The van der Waals surface area contributed by atoms with Gasteiger partial charge < -0.3 is 5.11 Å². The fraction of sp³-hybridized carbons (Fsp3) is 0.444. The van der Waals surface area contributed by atoms with Crippen molar-refractivity contribution in [2.45, 2.75) is 26.5 Å². The summed E-state index contributed by atoms with van der Waals surface area (Å²) < 4.78 is 2.06. The van der Waals surface area contributed by atoms with Crippen molar-refractivity contribution in [3.63, 3.8) is 0 Å². The summed E-state index contributed by atoms with van der Waals surface area (Å²) in [4.78, 5) is 0. The summed E-state index contributed by atoms with van der Waals surface area (Å²) >= 11 is 0. The van der Waals surface area contributed by atoms with Gasteiger partial charge in [0.25, 0.3) is 0 Å². The topological polar surface area (TPSA) is 24.1 Å². The van der Waals surface area contributed by atoms with Crippen molar-refractivity contribution < 1.29 is 9.67 Å². The van der Waals surface area contributed by atoms with E-state index < -0.39 is 0 Å². The van der Waals surface area contributed by atoms with Crippen LogP contribution in [0, 0.1) is 0 Å². The number of nitrogens with zero attached hydrogens (tertiary/aromatic N) is 1. The molecule has 1 atom stereocenters. The van der Waals surface area contributed by atoms with Gasteiger partial charge in [0.2, 0.25) is 0 Å². The molecule has 0 aliphatic heterocycles. The van der Waals surface area contributed by atoms with Crippen molar-refractivity contribution >= 4 is 0 Å². The van der Waals surface area contributed by atoms with Crippen molar-refractivity contribution in [2.75, 3.05) is 0 Å². The van der Waals surface area contributed by atoms with E-state index in [0.717, 1.165) is 12.1 Å².